The van der Waals surface area contributed by atoms with Crippen LogP contribution >= 0.6 is 11.3 Å². The van der Waals surface area contributed by atoms with Crippen LogP contribution in [0.4, 0.5) is 10.5 Å². The van der Waals surface area contributed by atoms with Gasteiger partial charge in [0.2, 0.25) is 0 Å². The number of hydrogen-bond acceptors (Lipinski definition) is 5. The number of hydrogen-bond donors (Lipinski definition) is 2. The number of carbonyl (C=O) groups excluding carboxylic acids is 1. The van der Waals surface area contributed by atoms with E-state index in [2.05, 4.69) is 25.5 Å². The van der Waals surface area contributed by atoms with Gasteiger partial charge in [-0.2, -0.15) is 0 Å². The number of anilines is 1. The molecule has 118 valence electrons. The zero-order valence-electron chi connectivity index (χ0n) is 13.3. The molecule has 7 heteroatoms. The van der Waals surface area contributed by atoms with Crippen molar-refractivity contribution in [3.63, 3.8) is 0 Å². The third-order valence-electron chi connectivity index (χ3n) is 3.07. The number of carbonyl (C=O) groups is 1. The molecule has 2 aromatic heterocycles. The maximum Gasteiger partial charge on any atom is 0.319 e. The van der Waals surface area contributed by atoms with Gasteiger partial charge in [0.15, 0.2) is 0 Å². The Balaban J connectivity index is 1.89. The highest BCUT2D eigenvalue weighted by Crippen LogP contribution is 2.17. The van der Waals surface area contributed by atoms with Gasteiger partial charge in [-0.15, -0.1) is 11.3 Å². The first-order valence-corrected chi connectivity index (χ1v) is 7.88. The summed E-state index contributed by atoms with van der Waals surface area (Å²) in [6, 6.07) is 1.63. The van der Waals surface area contributed by atoms with Crippen LogP contribution in [0.3, 0.4) is 0 Å². The van der Waals surface area contributed by atoms with Crippen LogP contribution in [0.5, 0.6) is 0 Å². The van der Waals surface area contributed by atoms with Gasteiger partial charge in [-0.05, 0) is 39.6 Å². The van der Waals surface area contributed by atoms with E-state index in [-0.39, 0.29) is 6.03 Å². The van der Waals surface area contributed by atoms with Gasteiger partial charge in [-0.3, -0.25) is 4.98 Å². The van der Waals surface area contributed by atoms with E-state index >= 15 is 0 Å². The lowest BCUT2D eigenvalue weighted by Crippen LogP contribution is -2.29. The topological polar surface area (TPSA) is 70.1 Å². The van der Waals surface area contributed by atoms with Gasteiger partial charge in [0.1, 0.15) is 5.01 Å². The summed E-state index contributed by atoms with van der Waals surface area (Å²) in [6.07, 6.45) is 1.73. The number of thiazole rings is 1. The molecule has 0 aromatic carbocycles. The lowest BCUT2D eigenvalue weighted by Gasteiger charge is -2.11. The molecule has 2 rings (SSSR count). The summed E-state index contributed by atoms with van der Waals surface area (Å²) in [4.78, 5) is 22.7. The lowest BCUT2D eigenvalue weighted by atomic mass is 10.2. The standard InChI is InChI=1S/C15H21N5OS/c1-10-5-6-16-11(2)14(10)19-15(21)17-7-13-18-12(9-22-13)8-20(3)4/h5-6,9H,7-8H2,1-4H3,(H2,17,19,21). The number of nitrogens with one attached hydrogen (secondary N) is 2. The van der Waals surface area contributed by atoms with Crippen molar-refractivity contribution in [2.24, 2.45) is 0 Å². The van der Waals surface area contributed by atoms with Crippen molar-refractivity contribution >= 4 is 23.1 Å². The number of aromatic nitrogens is 2. The Morgan fingerprint density at radius 2 is 2.14 bits per heavy atom. The van der Waals surface area contributed by atoms with Crippen LogP contribution in [0.25, 0.3) is 0 Å². The molecule has 2 amide bonds. The third-order valence-corrected chi connectivity index (χ3v) is 3.96. The molecule has 0 radical (unpaired) electrons. The van der Waals surface area contributed by atoms with Crippen LogP contribution in [0, 0.1) is 13.8 Å². The van der Waals surface area contributed by atoms with E-state index < -0.39 is 0 Å². The average molecular weight is 319 g/mol. The Hall–Kier alpha value is -1.99. The molecule has 6 nitrogen and oxygen atoms in total. The number of pyridine rings is 1. The van der Waals surface area contributed by atoms with Crippen molar-refractivity contribution in [2.45, 2.75) is 26.9 Å². The minimum atomic E-state index is -0.247. The van der Waals surface area contributed by atoms with Crippen molar-refractivity contribution < 1.29 is 4.79 Å². The Morgan fingerprint density at radius 1 is 1.36 bits per heavy atom. The van der Waals surface area contributed by atoms with E-state index in [1.165, 1.54) is 0 Å². The summed E-state index contributed by atoms with van der Waals surface area (Å²) in [5, 5.41) is 8.58. The smallest absolute Gasteiger partial charge is 0.319 e. The molecular weight excluding hydrogens is 298 g/mol. The maximum absolute atomic E-state index is 12.0. The first-order chi connectivity index (χ1) is 10.5. The first kappa shape index (κ1) is 16.4. The highest BCUT2D eigenvalue weighted by atomic mass is 32.1. The van der Waals surface area contributed by atoms with Crippen molar-refractivity contribution in [2.75, 3.05) is 19.4 Å². The lowest BCUT2D eigenvalue weighted by molar-refractivity contribution is 0.251. The van der Waals surface area contributed by atoms with Crippen molar-refractivity contribution in [1.82, 2.24) is 20.2 Å². The van der Waals surface area contributed by atoms with E-state index in [0.717, 1.165) is 34.2 Å². The van der Waals surface area contributed by atoms with Gasteiger partial charge >= 0.3 is 6.03 Å². The van der Waals surface area contributed by atoms with E-state index in [9.17, 15) is 4.79 Å². The fourth-order valence-corrected chi connectivity index (χ4v) is 2.75. The molecular formula is C15H21N5OS. The zero-order valence-corrected chi connectivity index (χ0v) is 14.1. The monoisotopic (exact) mass is 319 g/mol. The first-order valence-electron chi connectivity index (χ1n) is 7.00. The molecule has 0 fully saturated rings. The SMILES string of the molecule is Cc1ccnc(C)c1NC(=O)NCc1nc(CN(C)C)cs1. The molecule has 0 aliphatic heterocycles. The van der Waals surface area contributed by atoms with Crippen molar-refractivity contribution in [3.8, 4) is 0 Å². The zero-order chi connectivity index (χ0) is 16.1. The minimum Gasteiger partial charge on any atom is -0.331 e. The second-order valence-corrected chi connectivity index (χ2v) is 6.31. The Labute approximate surface area is 134 Å². The van der Waals surface area contributed by atoms with Crippen molar-refractivity contribution in [3.05, 3.63) is 39.6 Å². The number of urea groups is 1. The molecule has 2 aromatic rings. The number of nitrogens with zero attached hydrogens (tertiary/aromatic N) is 3. The molecule has 0 bridgehead atoms. The average Bonchev–Trinajstić information content (AvgIpc) is 2.87. The van der Waals surface area contributed by atoms with Gasteiger partial charge in [0.25, 0.3) is 0 Å². The number of amides is 2. The predicted octanol–water partition coefficient (Wildman–Crippen LogP) is 2.54. The van der Waals surface area contributed by atoms with Gasteiger partial charge in [0.05, 0.1) is 23.6 Å². The highest BCUT2D eigenvalue weighted by Gasteiger charge is 2.09. The summed E-state index contributed by atoms with van der Waals surface area (Å²) in [7, 11) is 4.01. The summed E-state index contributed by atoms with van der Waals surface area (Å²) in [5.74, 6) is 0. The largest absolute Gasteiger partial charge is 0.331 e. The molecule has 0 saturated heterocycles. The number of rotatable bonds is 5. The molecule has 0 saturated carbocycles. The van der Waals surface area contributed by atoms with Crippen LogP contribution in [0.1, 0.15) is 22.0 Å². The second kappa shape index (κ2) is 7.33. The van der Waals surface area contributed by atoms with E-state index in [1.807, 2.05) is 39.4 Å². The molecule has 0 aliphatic carbocycles. The number of aryl methyl sites for hydroxylation is 2. The van der Waals surface area contributed by atoms with E-state index in [1.54, 1.807) is 17.5 Å². The van der Waals surface area contributed by atoms with Crippen LogP contribution < -0.4 is 10.6 Å². The van der Waals surface area contributed by atoms with Crippen LogP contribution in [0.2, 0.25) is 0 Å². The van der Waals surface area contributed by atoms with Gasteiger partial charge in [-0.1, -0.05) is 0 Å². The molecule has 0 atom stereocenters. The van der Waals surface area contributed by atoms with Gasteiger partial charge < -0.3 is 15.5 Å². The fraction of sp³-hybridized carbons (Fsp3) is 0.400. The molecule has 2 N–H and O–H groups in total. The Bertz CT molecular complexity index is 633. The quantitative estimate of drug-likeness (QED) is 0.888. The van der Waals surface area contributed by atoms with E-state index in [4.69, 9.17) is 0 Å². The normalized spacial score (nSPS) is 10.8. The fourth-order valence-electron chi connectivity index (χ4n) is 2.02. The maximum atomic E-state index is 12.0. The van der Waals surface area contributed by atoms with Gasteiger partial charge in [-0.25, -0.2) is 9.78 Å². The van der Waals surface area contributed by atoms with Crippen LogP contribution in [0.15, 0.2) is 17.6 Å². The molecule has 22 heavy (non-hydrogen) atoms. The summed E-state index contributed by atoms with van der Waals surface area (Å²) in [6.45, 7) is 5.04. The van der Waals surface area contributed by atoms with E-state index in [0.29, 0.717) is 6.54 Å². The second-order valence-electron chi connectivity index (χ2n) is 5.37. The third kappa shape index (κ3) is 4.51. The molecule has 0 unspecified atom stereocenters. The molecule has 2 heterocycles. The van der Waals surface area contributed by atoms with Crippen LogP contribution in [-0.4, -0.2) is 35.0 Å². The molecule has 0 spiro atoms. The van der Waals surface area contributed by atoms with Crippen molar-refractivity contribution in [1.29, 1.82) is 0 Å². The summed E-state index contributed by atoms with van der Waals surface area (Å²) >= 11 is 1.55. The Morgan fingerprint density at radius 3 is 2.82 bits per heavy atom. The van der Waals surface area contributed by atoms with Gasteiger partial charge in [0, 0.05) is 18.1 Å². The highest BCUT2D eigenvalue weighted by molar-refractivity contribution is 7.09. The van der Waals surface area contributed by atoms with Crippen LogP contribution in [-0.2, 0) is 13.1 Å². The summed E-state index contributed by atoms with van der Waals surface area (Å²) < 4.78 is 0. The Kier molecular flexibility index (Phi) is 5.46. The molecule has 0 aliphatic rings. The summed E-state index contributed by atoms with van der Waals surface area (Å²) in [5.41, 5.74) is 3.57. The minimum absolute atomic E-state index is 0.247. The predicted molar refractivity (Wildman–Crippen MR) is 89.1 cm³/mol.